The molecule has 0 bridgehead atoms. The van der Waals surface area contributed by atoms with Gasteiger partial charge in [-0.1, -0.05) is 74.4 Å². The maximum absolute atomic E-state index is 2.38. The second-order valence-corrected chi connectivity index (χ2v) is 4.87. The Hall–Kier alpha value is -1.30. The van der Waals surface area contributed by atoms with Crippen LogP contribution < -0.4 is 0 Å². The molecule has 2 unspecified atom stereocenters. The number of allylic oxidation sites excluding steroid dienone is 4. The minimum absolute atomic E-state index is 0.689. The van der Waals surface area contributed by atoms with Crippen LogP contribution in [-0.4, -0.2) is 0 Å². The van der Waals surface area contributed by atoms with Crippen LogP contribution in [-0.2, 0) is 0 Å². The zero-order valence-electron chi connectivity index (χ0n) is 10.7. The molecule has 0 heteroatoms. The average Bonchev–Trinajstić information content (AvgIpc) is 2.42. The first-order chi connectivity index (χ1) is 8.42. The van der Waals surface area contributed by atoms with E-state index in [1.807, 2.05) is 0 Å². The summed E-state index contributed by atoms with van der Waals surface area (Å²) in [4.78, 5) is 0. The van der Waals surface area contributed by atoms with Crippen molar-refractivity contribution in [2.24, 2.45) is 5.92 Å². The van der Waals surface area contributed by atoms with E-state index in [1.165, 1.54) is 31.2 Å². The van der Waals surface area contributed by atoms with E-state index in [1.54, 1.807) is 0 Å². The van der Waals surface area contributed by atoms with Crippen LogP contribution in [0, 0.1) is 5.92 Å². The Labute approximate surface area is 105 Å². The van der Waals surface area contributed by atoms with E-state index in [4.69, 9.17) is 0 Å². The topological polar surface area (TPSA) is 0 Å². The average molecular weight is 226 g/mol. The lowest BCUT2D eigenvalue weighted by Crippen LogP contribution is -2.11. The number of hydrogen-bond donors (Lipinski definition) is 0. The van der Waals surface area contributed by atoms with E-state index in [0.29, 0.717) is 11.8 Å². The van der Waals surface area contributed by atoms with Gasteiger partial charge in [0.1, 0.15) is 0 Å². The molecule has 0 spiro atoms. The van der Waals surface area contributed by atoms with Crippen molar-refractivity contribution in [2.75, 3.05) is 0 Å². The molecule has 0 N–H and O–H groups in total. The fourth-order valence-electron chi connectivity index (χ4n) is 2.65. The molecule has 0 heterocycles. The third kappa shape index (κ3) is 3.33. The van der Waals surface area contributed by atoms with Gasteiger partial charge < -0.3 is 0 Å². The van der Waals surface area contributed by atoms with Crippen molar-refractivity contribution in [3.05, 3.63) is 60.2 Å². The first-order valence-corrected chi connectivity index (χ1v) is 6.80. The predicted octanol–water partition coefficient (Wildman–Crippen LogP) is 5.09. The molecular weight excluding hydrogens is 204 g/mol. The molecule has 0 nitrogen and oxygen atoms in total. The summed E-state index contributed by atoms with van der Waals surface area (Å²) in [7, 11) is 0. The molecule has 0 saturated heterocycles. The molecule has 0 saturated carbocycles. The van der Waals surface area contributed by atoms with Crippen LogP contribution in [0.25, 0.3) is 0 Å². The molecule has 1 aromatic carbocycles. The molecule has 0 radical (unpaired) electrons. The lowest BCUT2D eigenvalue weighted by Gasteiger charge is -2.25. The van der Waals surface area contributed by atoms with Gasteiger partial charge in [0.25, 0.3) is 0 Å². The van der Waals surface area contributed by atoms with Crippen LogP contribution >= 0.6 is 0 Å². The largest absolute Gasteiger partial charge is 0.0839 e. The smallest absolute Gasteiger partial charge is 0.00959 e. The Morgan fingerprint density at radius 1 is 1.18 bits per heavy atom. The highest BCUT2D eigenvalue weighted by Gasteiger charge is 2.20. The molecule has 0 aromatic heterocycles. The Kier molecular flexibility index (Phi) is 4.61. The Morgan fingerprint density at radius 3 is 2.65 bits per heavy atom. The molecule has 1 aliphatic carbocycles. The van der Waals surface area contributed by atoms with E-state index in [9.17, 15) is 0 Å². The fourth-order valence-corrected chi connectivity index (χ4v) is 2.65. The molecule has 0 fully saturated rings. The van der Waals surface area contributed by atoms with Gasteiger partial charge in [-0.3, -0.25) is 0 Å². The van der Waals surface area contributed by atoms with Gasteiger partial charge >= 0.3 is 0 Å². The summed E-state index contributed by atoms with van der Waals surface area (Å²) >= 11 is 0. The van der Waals surface area contributed by atoms with Gasteiger partial charge in [0, 0.05) is 0 Å². The minimum Gasteiger partial charge on any atom is -0.0839 e. The van der Waals surface area contributed by atoms with E-state index >= 15 is 0 Å². The van der Waals surface area contributed by atoms with E-state index < -0.39 is 0 Å². The third-order valence-electron chi connectivity index (χ3n) is 3.63. The van der Waals surface area contributed by atoms with Gasteiger partial charge in [0.2, 0.25) is 0 Å². The van der Waals surface area contributed by atoms with Gasteiger partial charge in [-0.2, -0.15) is 0 Å². The minimum atomic E-state index is 0.689. The molecule has 2 rings (SSSR count). The van der Waals surface area contributed by atoms with Crippen molar-refractivity contribution in [1.29, 1.82) is 0 Å². The van der Waals surface area contributed by atoms with E-state index in [0.717, 1.165) is 0 Å². The summed E-state index contributed by atoms with van der Waals surface area (Å²) in [5.41, 5.74) is 1.51. The van der Waals surface area contributed by atoms with Gasteiger partial charge in [-0.05, 0) is 30.2 Å². The molecule has 17 heavy (non-hydrogen) atoms. The summed E-state index contributed by atoms with van der Waals surface area (Å²) in [5, 5.41) is 0. The normalized spacial score (nSPS) is 20.4. The Bertz CT molecular complexity index is 372. The Morgan fingerprint density at radius 2 is 2.00 bits per heavy atom. The van der Waals surface area contributed by atoms with Crippen LogP contribution in [0.15, 0.2) is 54.6 Å². The summed E-state index contributed by atoms with van der Waals surface area (Å²) in [6.07, 6.45) is 14.2. The first-order valence-electron chi connectivity index (χ1n) is 6.80. The summed E-state index contributed by atoms with van der Waals surface area (Å²) < 4.78 is 0. The second-order valence-electron chi connectivity index (χ2n) is 4.87. The first kappa shape index (κ1) is 12.2. The van der Waals surface area contributed by atoms with E-state index in [2.05, 4.69) is 61.6 Å². The standard InChI is InChI=1S/C17H22/c1-2-3-14-17(15-10-6-4-7-11-15)16-12-8-5-9-13-16/h4-12,16-17H,2-3,13-14H2,1H3. The van der Waals surface area contributed by atoms with Crippen molar-refractivity contribution in [1.82, 2.24) is 0 Å². The highest BCUT2D eigenvalue weighted by molar-refractivity contribution is 5.24. The number of benzene rings is 1. The monoisotopic (exact) mass is 226 g/mol. The van der Waals surface area contributed by atoms with Gasteiger partial charge in [-0.15, -0.1) is 0 Å². The van der Waals surface area contributed by atoms with Crippen molar-refractivity contribution in [3.63, 3.8) is 0 Å². The van der Waals surface area contributed by atoms with Crippen LogP contribution in [0.5, 0.6) is 0 Å². The highest BCUT2D eigenvalue weighted by Crippen LogP contribution is 2.34. The molecule has 0 aliphatic heterocycles. The zero-order chi connectivity index (χ0) is 11.9. The molecule has 1 aliphatic rings. The predicted molar refractivity (Wildman–Crippen MR) is 75.1 cm³/mol. The maximum Gasteiger partial charge on any atom is -0.00959 e. The van der Waals surface area contributed by atoms with Crippen molar-refractivity contribution in [2.45, 2.75) is 38.5 Å². The lowest BCUT2D eigenvalue weighted by atomic mass is 9.79. The van der Waals surface area contributed by atoms with Crippen molar-refractivity contribution < 1.29 is 0 Å². The summed E-state index contributed by atoms with van der Waals surface area (Å²) in [6.45, 7) is 2.28. The molecule has 90 valence electrons. The van der Waals surface area contributed by atoms with E-state index in [-0.39, 0.29) is 0 Å². The molecule has 1 aromatic rings. The molecular formula is C17H22. The van der Waals surface area contributed by atoms with Crippen molar-refractivity contribution >= 4 is 0 Å². The quantitative estimate of drug-likeness (QED) is 0.655. The van der Waals surface area contributed by atoms with Crippen LogP contribution in [0.3, 0.4) is 0 Å². The van der Waals surface area contributed by atoms with Crippen LogP contribution in [0.4, 0.5) is 0 Å². The van der Waals surface area contributed by atoms with Gasteiger partial charge in [-0.25, -0.2) is 0 Å². The fraction of sp³-hybridized carbons (Fsp3) is 0.412. The molecule has 2 atom stereocenters. The maximum atomic E-state index is 2.38. The van der Waals surface area contributed by atoms with Crippen LogP contribution in [0.2, 0.25) is 0 Å². The second kappa shape index (κ2) is 6.44. The number of hydrogen-bond acceptors (Lipinski definition) is 0. The van der Waals surface area contributed by atoms with Crippen LogP contribution in [0.1, 0.15) is 44.1 Å². The zero-order valence-corrected chi connectivity index (χ0v) is 10.7. The van der Waals surface area contributed by atoms with Gasteiger partial charge in [0.05, 0.1) is 0 Å². The molecule has 0 amide bonds. The van der Waals surface area contributed by atoms with Crippen molar-refractivity contribution in [3.8, 4) is 0 Å². The van der Waals surface area contributed by atoms with Gasteiger partial charge in [0.15, 0.2) is 0 Å². The Balaban J connectivity index is 2.13. The summed E-state index contributed by atoms with van der Waals surface area (Å²) in [6, 6.07) is 11.0. The number of unbranched alkanes of at least 4 members (excludes halogenated alkanes) is 1. The number of rotatable bonds is 5. The SMILES string of the molecule is CCCCC(c1ccccc1)C1C=CC=CC1. The third-order valence-corrected chi connectivity index (χ3v) is 3.63. The highest BCUT2D eigenvalue weighted by atomic mass is 14.2. The lowest BCUT2D eigenvalue weighted by molar-refractivity contribution is 0.461. The summed E-state index contributed by atoms with van der Waals surface area (Å²) in [5.74, 6) is 1.38.